The van der Waals surface area contributed by atoms with Crippen molar-refractivity contribution in [2.24, 2.45) is 5.41 Å². The van der Waals surface area contributed by atoms with E-state index >= 15 is 0 Å². The zero-order valence-corrected chi connectivity index (χ0v) is 11.0. The highest BCUT2D eigenvalue weighted by Gasteiger charge is 2.34. The van der Waals surface area contributed by atoms with Gasteiger partial charge < -0.3 is 15.3 Å². The first-order valence-corrected chi connectivity index (χ1v) is 5.87. The SMILES string of the molecule is COC(=O)CCC(=N)C1=C(O)CC(C)(C)CC1=O. The molecule has 5 nitrogen and oxygen atoms in total. The van der Waals surface area contributed by atoms with Crippen LogP contribution in [0.25, 0.3) is 0 Å². The van der Waals surface area contributed by atoms with Crippen molar-refractivity contribution in [3.05, 3.63) is 11.3 Å². The summed E-state index contributed by atoms with van der Waals surface area (Å²) in [7, 11) is 1.27. The summed E-state index contributed by atoms with van der Waals surface area (Å²) in [5, 5.41) is 17.7. The van der Waals surface area contributed by atoms with E-state index in [9.17, 15) is 14.7 Å². The minimum absolute atomic E-state index is 0.0124. The van der Waals surface area contributed by atoms with E-state index in [1.807, 2.05) is 13.8 Å². The Balaban J connectivity index is 2.79. The number of hydrogen-bond acceptors (Lipinski definition) is 5. The van der Waals surface area contributed by atoms with Crippen LogP contribution >= 0.6 is 0 Å². The second-order valence-electron chi connectivity index (χ2n) is 5.32. The molecule has 5 heteroatoms. The van der Waals surface area contributed by atoms with Gasteiger partial charge in [0, 0.05) is 25.0 Å². The summed E-state index contributed by atoms with van der Waals surface area (Å²) in [5.74, 6) is -0.687. The molecule has 0 atom stereocenters. The number of rotatable bonds is 4. The third-order valence-corrected chi connectivity index (χ3v) is 2.96. The molecule has 0 fully saturated rings. The van der Waals surface area contributed by atoms with Crippen molar-refractivity contribution in [3.63, 3.8) is 0 Å². The van der Waals surface area contributed by atoms with E-state index in [0.717, 1.165) is 0 Å². The van der Waals surface area contributed by atoms with E-state index in [1.165, 1.54) is 7.11 Å². The molecule has 0 aromatic carbocycles. The fourth-order valence-corrected chi connectivity index (χ4v) is 2.08. The first kappa shape index (κ1) is 14.4. The summed E-state index contributed by atoms with van der Waals surface area (Å²) in [6.07, 6.45) is 0.850. The number of carbonyl (C=O) groups is 2. The number of methoxy groups -OCH3 is 1. The van der Waals surface area contributed by atoms with Gasteiger partial charge in [0.25, 0.3) is 0 Å². The molecule has 2 N–H and O–H groups in total. The average molecular weight is 253 g/mol. The summed E-state index contributed by atoms with van der Waals surface area (Å²) in [4.78, 5) is 22.9. The lowest BCUT2D eigenvalue weighted by atomic mass is 9.75. The smallest absolute Gasteiger partial charge is 0.305 e. The van der Waals surface area contributed by atoms with E-state index in [-0.39, 0.29) is 41.1 Å². The quantitative estimate of drug-likeness (QED) is 0.593. The second kappa shape index (κ2) is 5.33. The Morgan fingerprint density at radius 3 is 2.50 bits per heavy atom. The van der Waals surface area contributed by atoms with Crippen molar-refractivity contribution in [2.75, 3.05) is 7.11 Å². The van der Waals surface area contributed by atoms with Gasteiger partial charge in [-0.05, 0) is 5.41 Å². The molecule has 1 aliphatic carbocycles. The predicted molar refractivity (Wildman–Crippen MR) is 66.7 cm³/mol. The maximum Gasteiger partial charge on any atom is 0.305 e. The van der Waals surface area contributed by atoms with Crippen LogP contribution in [0.15, 0.2) is 11.3 Å². The van der Waals surface area contributed by atoms with E-state index in [1.54, 1.807) is 0 Å². The topological polar surface area (TPSA) is 87.5 Å². The Bertz CT molecular complexity index is 421. The highest BCUT2D eigenvalue weighted by Crippen LogP contribution is 2.36. The van der Waals surface area contributed by atoms with Gasteiger partial charge in [-0.2, -0.15) is 0 Å². The monoisotopic (exact) mass is 253 g/mol. The van der Waals surface area contributed by atoms with Gasteiger partial charge >= 0.3 is 5.97 Å². The molecule has 0 saturated heterocycles. The average Bonchev–Trinajstić information content (AvgIpc) is 2.22. The number of aliphatic hydroxyl groups excluding tert-OH is 1. The van der Waals surface area contributed by atoms with Gasteiger partial charge in [-0.25, -0.2) is 0 Å². The van der Waals surface area contributed by atoms with Crippen molar-refractivity contribution in [1.29, 1.82) is 5.41 Å². The van der Waals surface area contributed by atoms with E-state index < -0.39 is 5.97 Å². The lowest BCUT2D eigenvalue weighted by molar-refractivity contribution is -0.140. The molecule has 0 spiro atoms. The summed E-state index contributed by atoms with van der Waals surface area (Å²) < 4.78 is 4.48. The third-order valence-electron chi connectivity index (χ3n) is 2.96. The Hall–Kier alpha value is -1.65. The fourth-order valence-electron chi connectivity index (χ4n) is 2.08. The van der Waals surface area contributed by atoms with Gasteiger partial charge in [0.1, 0.15) is 5.76 Å². The van der Waals surface area contributed by atoms with Gasteiger partial charge in [-0.15, -0.1) is 0 Å². The molecule has 0 heterocycles. The first-order valence-electron chi connectivity index (χ1n) is 5.87. The Labute approximate surface area is 106 Å². The lowest BCUT2D eigenvalue weighted by Gasteiger charge is -2.29. The number of allylic oxidation sites excluding steroid dienone is 2. The maximum absolute atomic E-state index is 11.9. The number of Topliss-reactive ketones (excluding diaryl/α,β-unsaturated/α-hetero) is 1. The normalized spacial score (nSPS) is 18.7. The molecule has 0 aliphatic heterocycles. The Morgan fingerprint density at radius 1 is 1.39 bits per heavy atom. The van der Waals surface area contributed by atoms with Crippen LogP contribution in [0.4, 0.5) is 0 Å². The molecule has 0 aromatic heterocycles. The fraction of sp³-hybridized carbons (Fsp3) is 0.615. The van der Waals surface area contributed by atoms with E-state index in [4.69, 9.17) is 5.41 Å². The van der Waals surface area contributed by atoms with Crippen molar-refractivity contribution in [1.82, 2.24) is 0 Å². The van der Waals surface area contributed by atoms with Crippen molar-refractivity contribution < 1.29 is 19.4 Å². The number of ether oxygens (including phenoxy) is 1. The van der Waals surface area contributed by atoms with E-state index in [2.05, 4.69) is 4.74 Å². The minimum Gasteiger partial charge on any atom is -0.511 e. The highest BCUT2D eigenvalue weighted by atomic mass is 16.5. The molecule has 18 heavy (non-hydrogen) atoms. The predicted octanol–water partition coefficient (Wildman–Crippen LogP) is 2.16. The van der Waals surface area contributed by atoms with Crippen LogP contribution in [-0.4, -0.2) is 29.7 Å². The lowest BCUT2D eigenvalue weighted by Crippen LogP contribution is -2.29. The van der Waals surface area contributed by atoms with Crippen LogP contribution < -0.4 is 0 Å². The largest absolute Gasteiger partial charge is 0.511 e. The van der Waals surface area contributed by atoms with Crippen LogP contribution in [-0.2, 0) is 14.3 Å². The standard InChI is InChI=1S/C13H19NO4/c1-13(2)6-9(15)12(10(16)7-13)8(14)4-5-11(17)18-3/h14-15H,4-7H2,1-3H3. The highest BCUT2D eigenvalue weighted by molar-refractivity contribution is 6.22. The summed E-state index contributed by atoms with van der Waals surface area (Å²) in [6.45, 7) is 3.80. The first-order chi connectivity index (χ1) is 8.26. The van der Waals surface area contributed by atoms with Crippen molar-refractivity contribution >= 4 is 17.5 Å². The molecule has 0 saturated carbocycles. The van der Waals surface area contributed by atoms with Crippen LogP contribution in [0, 0.1) is 10.8 Å². The number of carbonyl (C=O) groups excluding carboxylic acids is 2. The van der Waals surface area contributed by atoms with Crippen molar-refractivity contribution in [3.8, 4) is 0 Å². The van der Waals surface area contributed by atoms with Crippen LogP contribution in [0.5, 0.6) is 0 Å². The molecular formula is C13H19NO4. The van der Waals surface area contributed by atoms with Gasteiger partial charge in [-0.3, -0.25) is 9.59 Å². The van der Waals surface area contributed by atoms with E-state index in [0.29, 0.717) is 12.8 Å². The molecule has 0 radical (unpaired) electrons. The van der Waals surface area contributed by atoms with Gasteiger partial charge in [0.05, 0.1) is 19.1 Å². The molecule has 0 amide bonds. The number of aliphatic hydroxyl groups is 1. The summed E-state index contributed by atoms with van der Waals surface area (Å²) in [5.41, 5.74) is -0.176. The number of nitrogens with one attached hydrogen (secondary N) is 1. The minimum atomic E-state index is -0.427. The Kier molecular flexibility index (Phi) is 4.27. The molecule has 0 unspecified atom stereocenters. The molecule has 0 bridgehead atoms. The summed E-state index contributed by atoms with van der Waals surface area (Å²) >= 11 is 0. The van der Waals surface area contributed by atoms with Gasteiger partial charge in [-0.1, -0.05) is 13.8 Å². The zero-order chi connectivity index (χ0) is 13.9. The maximum atomic E-state index is 11.9. The molecule has 0 aromatic rings. The van der Waals surface area contributed by atoms with Crippen LogP contribution in [0.2, 0.25) is 0 Å². The molecule has 1 rings (SSSR count). The van der Waals surface area contributed by atoms with Crippen LogP contribution in [0.1, 0.15) is 39.5 Å². The molecule has 1 aliphatic rings. The van der Waals surface area contributed by atoms with Crippen LogP contribution in [0.3, 0.4) is 0 Å². The number of ketones is 1. The second-order valence-corrected chi connectivity index (χ2v) is 5.32. The zero-order valence-electron chi connectivity index (χ0n) is 11.0. The Morgan fingerprint density at radius 2 is 2.00 bits per heavy atom. The molecular weight excluding hydrogens is 234 g/mol. The number of esters is 1. The van der Waals surface area contributed by atoms with Gasteiger partial charge in [0.15, 0.2) is 5.78 Å². The third kappa shape index (κ3) is 3.42. The van der Waals surface area contributed by atoms with Gasteiger partial charge in [0.2, 0.25) is 0 Å². The van der Waals surface area contributed by atoms with Crippen molar-refractivity contribution in [2.45, 2.75) is 39.5 Å². The molecule has 100 valence electrons. The number of hydrogen-bond donors (Lipinski definition) is 2. The summed E-state index contributed by atoms with van der Waals surface area (Å²) in [6, 6.07) is 0.